The highest BCUT2D eigenvalue weighted by molar-refractivity contribution is 5.91. The Kier molecular flexibility index (Phi) is 10.0. The van der Waals surface area contributed by atoms with Crippen LogP contribution >= 0.6 is 0 Å². The van der Waals surface area contributed by atoms with Gasteiger partial charge in [0.05, 0.1) is 48.1 Å². The minimum Gasteiger partial charge on any atom is -0.497 e. The van der Waals surface area contributed by atoms with Gasteiger partial charge in [-0.1, -0.05) is 38.8 Å². The zero-order valence-electron chi connectivity index (χ0n) is 34.1. The van der Waals surface area contributed by atoms with E-state index in [4.69, 9.17) is 39.1 Å². The number of ether oxygens (including phenoxy) is 4. The van der Waals surface area contributed by atoms with Crippen LogP contribution in [0.3, 0.4) is 0 Å². The highest BCUT2D eigenvalue weighted by Gasteiger charge is 2.46. The third-order valence-electron chi connectivity index (χ3n) is 14.3. The van der Waals surface area contributed by atoms with Gasteiger partial charge in [-0.05, 0) is 123 Å². The van der Waals surface area contributed by atoms with Crippen molar-refractivity contribution in [2.24, 2.45) is 23.7 Å². The maximum Gasteiger partial charge on any atom is 0.242 e. The third-order valence-corrected chi connectivity index (χ3v) is 14.3. The van der Waals surface area contributed by atoms with Gasteiger partial charge in [-0.25, -0.2) is 0 Å². The summed E-state index contributed by atoms with van der Waals surface area (Å²) in [4.78, 5) is 14.8. The van der Waals surface area contributed by atoms with Crippen molar-refractivity contribution in [2.45, 2.75) is 76.7 Å². The summed E-state index contributed by atoms with van der Waals surface area (Å²) in [5, 5.41) is 13.7. The van der Waals surface area contributed by atoms with Crippen LogP contribution in [-0.2, 0) is 0 Å². The molecule has 300 valence electrons. The first-order chi connectivity index (χ1) is 28.5. The fourth-order valence-electron chi connectivity index (χ4n) is 11.1. The van der Waals surface area contributed by atoms with Crippen LogP contribution in [0.2, 0.25) is 0 Å². The summed E-state index contributed by atoms with van der Waals surface area (Å²) < 4.78 is 26.0. The first-order valence-electron chi connectivity index (χ1n) is 21.5. The molecule has 3 aromatic heterocycles. The number of pyridine rings is 2. The van der Waals surface area contributed by atoms with Gasteiger partial charge in [-0.3, -0.25) is 19.8 Å². The molecule has 10 heteroatoms. The molecule has 0 N–H and O–H groups in total. The Balaban J connectivity index is 1.06. The number of rotatable bonds is 12. The number of hydrogen-bond acceptors (Lipinski definition) is 10. The molecule has 0 saturated carbocycles. The topological polar surface area (TPSA) is 95.0 Å². The molecule has 10 nitrogen and oxygen atoms in total. The summed E-state index contributed by atoms with van der Waals surface area (Å²) in [5.41, 5.74) is 4.01. The molecule has 9 heterocycles. The minimum absolute atomic E-state index is 0.180. The summed E-state index contributed by atoms with van der Waals surface area (Å²) in [6.07, 6.45) is 10.2. The molecule has 4 bridgehead atoms. The lowest BCUT2D eigenvalue weighted by Gasteiger charge is -2.52. The van der Waals surface area contributed by atoms with Crippen LogP contribution in [0, 0.1) is 23.7 Å². The predicted molar refractivity (Wildman–Crippen MR) is 227 cm³/mol. The fourth-order valence-corrected chi connectivity index (χ4v) is 11.1. The average Bonchev–Trinajstić information content (AvgIpc) is 3.29. The van der Waals surface area contributed by atoms with E-state index >= 15 is 0 Å². The number of aromatic nitrogens is 4. The van der Waals surface area contributed by atoms with Gasteiger partial charge >= 0.3 is 0 Å². The first kappa shape index (κ1) is 37.2. The quantitative estimate of drug-likeness (QED) is 0.120. The van der Waals surface area contributed by atoms with E-state index in [1.807, 2.05) is 36.7 Å². The first-order valence-corrected chi connectivity index (χ1v) is 21.5. The van der Waals surface area contributed by atoms with Gasteiger partial charge in [0.1, 0.15) is 23.7 Å². The van der Waals surface area contributed by atoms with Gasteiger partial charge in [0, 0.05) is 47.4 Å². The number of benzene rings is 3. The van der Waals surface area contributed by atoms with E-state index in [1.165, 1.54) is 25.7 Å². The van der Waals surface area contributed by atoms with Crippen LogP contribution in [-0.4, -0.2) is 82.4 Å². The van der Waals surface area contributed by atoms with E-state index in [-0.39, 0.29) is 24.3 Å². The van der Waals surface area contributed by atoms with E-state index < -0.39 is 0 Å². The summed E-state index contributed by atoms with van der Waals surface area (Å²) in [6.45, 7) is 9.00. The van der Waals surface area contributed by atoms with Crippen LogP contribution in [0.4, 0.5) is 0 Å². The van der Waals surface area contributed by atoms with E-state index in [2.05, 4.69) is 72.2 Å². The Hall–Kier alpha value is -5.06. The highest BCUT2D eigenvalue weighted by Crippen LogP contribution is 2.47. The number of methoxy groups -OCH3 is 2. The van der Waals surface area contributed by atoms with Crippen LogP contribution in [0.5, 0.6) is 23.3 Å². The lowest BCUT2D eigenvalue weighted by Crippen LogP contribution is -2.56. The molecular weight excluding hydrogens is 725 g/mol. The molecule has 0 amide bonds. The van der Waals surface area contributed by atoms with E-state index in [9.17, 15) is 0 Å². The molecule has 0 radical (unpaired) electrons. The SMILES string of the molecule is CC[C@@H]1CN2CC[C@@H]1C[C@H]2[C@H](Oc1nnc(O[C@H](c2ccnc3ccc(OC)cc23)[C@@H]2C[C@H]3CCN2C[C@H]3CC)c2ccccc12)c1ccnc2ccc(OC)cc12. The van der Waals surface area contributed by atoms with Crippen molar-refractivity contribution >= 4 is 32.6 Å². The Morgan fingerprint density at radius 1 is 0.603 bits per heavy atom. The maximum absolute atomic E-state index is 7.30. The van der Waals surface area contributed by atoms with Crippen molar-refractivity contribution in [1.29, 1.82) is 0 Å². The van der Waals surface area contributed by atoms with Gasteiger partial charge < -0.3 is 18.9 Å². The Morgan fingerprint density at radius 3 is 1.47 bits per heavy atom. The van der Waals surface area contributed by atoms with Crippen LogP contribution in [0.25, 0.3) is 32.6 Å². The molecule has 0 aliphatic carbocycles. The molecule has 6 saturated heterocycles. The lowest BCUT2D eigenvalue weighted by atomic mass is 9.72. The van der Waals surface area contributed by atoms with Crippen molar-refractivity contribution in [1.82, 2.24) is 30.0 Å². The number of hydrogen-bond donors (Lipinski definition) is 0. The van der Waals surface area contributed by atoms with Crippen molar-refractivity contribution in [3.05, 3.63) is 96.3 Å². The number of nitrogens with zero attached hydrogens (tertiary/aromatic N) is 6. The predicted octanol–water partition coefficient (Wildman–Crippen LogP) is 9.22. The molecule has 6 fully saturated rings. The summed E-state index contributed by atoms with van der Waals surface area (Å²) >= 11 is 0. The monoisotopic (exact) mass is 778 g/mol. The number of piperidine rings is 6. The largest absolute Gasteiger partial charge is 0.497 e. The van der Waals surface area contributed by atoms with Gasteiger partial charge in [0.15, 0.2) is 0 Å². The molecular formula is C48H54N6O4. The molecule has 6 aliphatic heterocycles. The Labute approximate surface area is 340 Å². The average molecular weight is 779 g/mol. The number of fused-ring (bicyclic) bond motifs is 9. The molecule has 6 aliphatic rings. The molecule has 6 aromatic rings. The van der Waals surface area contributed by atoms with Gasteiger partial charge in [-0.2, -0.15) is 0 Å². The normalized spacial score (nSPS) is 27.4. The Bertz CT molecular complexity index is 2280. The molecule has 12 rings (SSSR count). The van der Waals surface area contributed by atoms with Crippen LogP contribution in [0.15, 0.2) is 85.2 Å². The van der Waals surface area contributed by atoms with E-state index in [0.29, 0.717) is 35.4 Å². The Morgan fingerprint density at radius 2 is 1.07 bits per heavy atom. The van der Waals surface area contributed by atoms with Crippen LogP contribution < -0.4 is 18.9 Å². The zero-order valence-corrected chi connectivity index (χ0v) is 34.1. The molecule has 3 aromatic carbocycles. The maximum atomic E-state index is 7.30. The highest BCUT2D eigenvalue weighted by atomic mass is 16.5. The van der Waals surface area contributed by atoms with Gasteiger partial charge in [0.25, 0.3) is 0 Å². The van der Waals surface area contributed by atoms with Gasteiger partial charge in [0.2, 0.25) is 11.8 Å². The van der Waals surface area contributed by atoms with Crippen molar-refractivity contribution in [3.63, 3.8) is 0 Å². The smallest absolute Gasteiger partial charge is 0.242 e. The van der Waals surface area contributed by atoms with Crippen LogP contribution in [0.1, 0.15) is 75.7 Å². The van der Waals surface area contributed by atoms with Crippen molar-refractivity contribution in [3.8, 4) is 23.3 Å². The second-order valence-corrected chi connectivity index (χ2v) is 17.0. The lowest BCUT2D eigenvalue weighted by molar-refractivity contribution is -0.0505. The second kappa shape index (κ2) is 15.6. The van der Waals surface area contributed by atoms with Crippen molar-refractivity contribution in [2.75, 3.05) is 40.4 Å². The van der Waals surface area contributed by atoms with Crippen molar-refractivity contribution < 1.29 is 18.9 Å². The standard InChI is InChI=1S/C48H54N6O4/c1-5-29-27-53-21-17-31(29)23-43(53)45(35-15-19-49-41-13-11-33(55-3)25-39(35)41)57-47-37-9-7-8-10-38(37)48(52-51-47)58-46(44-24-32-18-22-54(44)28-30(32)6-2)36-16-20-50-42-14-12-34(56-4)26-40(36)42/h7-16,19-20,25-26,29-32,43-46H,5-6,17-18,21-24,27-28H2,1-4H3/t29-,30-,31-,32-,43+,44+,45-,46-/m1/s1. The molecule has 58 heavy (non-hydrogen) atoms. The third kappa shape index (κ3) is 6.58. The van der Waals surface area contributed by atoms with Gasteiger partial charge in [-0.15, -0.1) is 10.2 Å². The molecule has 0 spiro atoms. The minimum atomic E-state index is -0.300. The summed E-state index contributed by atoms with van der Waals surface area (Å²) in [5.74, 6) is 5.39. The fraction of sp³-hybridized carbons (Fsp3) is 0.458. The van der Waals surface area contributed by atoms with E-state index in [0.717, 1.165) is 94.2 Å². The van der Waals surface area contributed by atoms with E-state index in [1.54, 1.807) is 14.2 Å². The summed E-state index contributed by atoms with van der Waals surface area (Å²) in [6, 6.07) is 25.1. The zero-order chi connectivity index (χ0) is 39.3. The summed E-state index contributed by atoms with van der Waals surface area (Å²) in [7, 11) is 3.42. The molecule has 10 atom stereocenters. The molecule has 2 unspecified atom stereocenters. The second-order valence-electron chi connectivity index (χ2n) is 17.0.